The van der Waals surface area contributed by atoms with Crippen molar-refractivity contribution in [2.75, 3.05) is 19.8 Å². The van der Waals surface area contributed by atoms with Crippen LogP contribution in [0.15, 0.2) is 24.3 Å². The molecule has 1 saturated heterocycles. The zero-order valence-electron chi connectivity index (χ0n) is 15.0. The summed E-state index contributed by atoms with van der Waals surface area (Å²) in [5, 5.41) is 0. The van der Waals surface area contributed by atoms with Gasteiger partial charge >= 0.3 is 7.82 Å². The maximum atomic E-state index is 11.2. The van der Waals surface area contributed by atoms with Gasteiger partial charge in [-0.1, -0.05) is 38.3 Å². The van der Waals surface area contributed by atoms with Gasteiger partial charge in [-0.2, -0.15) is 0 Å². The van der Waals surface area contributed by atoms with Crippen LogP contribution in [0.4, 0.5) is 0 Å². The Bertz CT molecular complexity index is 551. The molecule has 1 heterocycles. The topological polar surface area (TPSA) is 91.0 Å². The quantitative estimate of drug-likeness (QED) is 0.480. The van der Waals surface area contributed by atoms with Crippen molar-refractivity contribution in [1.29, 1.82) is 0 Å². The first-order valence-corrected chi connectivity index (χ1v) is 10.5. The number of ether oxygens (including phenoxy) is 1. The highest BCUT2D eigenvalue weighted by molar-refractivity contribution is 7.47. The Balaban J connectivity index is 1.67. The van der Waals surface area contributed by atoms with Gasteiger partial charge in [-0.05, 0) is 43.4 Å². The third-order valence-electron chi connectivity index (χ3n) is 4.36. The average molecular weight is 371 g/mol. The highest BCUT2D eigenvalue weighted by Gasteiger charge is 2.38. The van der Waals surface area contributed by atoms with E-state index in [1.54, 1.807) is 0 Å². The summed E-state index contributed by atoms with van der Waals surface area (Å²) in [5.41, 5.74) is 6.67. The Labute approximate surface area is 150 Å². The normalized spacial score (nSPS) is 26.5. The molecule has 1 aromatic carbocycles. The van der Waals surface area contributed by atoms with Crippen LogP contribution in [0.1, 0.15) is 51.0 Å². The molecule has 6 nitrogen and oxygen atoms in total. The molecule has 0 aromatic heterocycles. The summed E-state index contributed by atoms with van der Waals surface area (Å²) in [6.07, 6.45) is 7.21. The highest BCUT2D eigenvalue weighted by atomic mass is 31.2. The first-order valence-electron chi connectivity index (χ1n) is 9.05. The van der Waals surface area contributed by atoms with Crippen LogP contribution in [-0.2, 0) is 20.0 Å². The molecule has 25 heavy (non-hydrogen) atoms. The molecule has 1 aliphatic heterocycles. The Kier molecular flexibility index (Phi) is 7.91. The Morgan fingerprint density at radius 1 is 1.16 bits per heavy atom. The fraction of sp³-hybridized carbons (Fsp3) is 0.667. The Hall–Kier alpha value is -0.910. The van der Waals surface area contributed by atoms with Crippen LogP contribution in [0.5, 0.6) is 5.75 Å². The summed E-state index contributed by atoms with van der Waals surface area (Å²) in [6, 6.07) is 8.14. The monoisotopic (exact) mass is 371 g/mol. The molecule has 0 amide bonds. The Morgan fingerprint density at radius 2 is 1.84 bits per heavy atom. The Morgan fingerprint density at radius 3 is 2.48 bits per heavy atom. The molecule has 0 unspecified atom stereocenters. The predicted molar refractivity (Wildman–Crippen MR) is 97.7 cm³/mol. The van der Waals surface area contributed by atoms with Crippen LogP contribution in [0.2, 0.25) is 0 Å². The number of hydrogen-bond donors (Lipinski definition) is 2. The lowest BCUT2D eigenvalue weighted by Crippen LogP contribution is -2.50. The van der Waals surface area contributed by atoms with Crippen LogP contribution in [0.3, 0.4) is 0 Å². The first kappa shape index (κ1) is 20.4. The van der Waals surface area contributed by atoms with Crippen LogP contribution in [0, 0.1) is 0 Å². The minimum Gasteiger partial charge on any atom is -0.494 e. The maximum absolute atomic E-state index is 11.2. The minimum absolute atomic E-state index is 0.0472. The van der Waals surface area contributed by atoms with Gasteiger partial charge in [0, 0.05) is 0 Å². The van der Waals surface area contributed by atoms with E-state index in [9.17, 15) is 9.46 Å². The molecule has 0 spiro atoms. The summed E-state index contributed by atoms with van der Waals surface area (Å²) in [4.78, 5) is 9.18. The number of benzene rings is 1. The first-order chi connectivity index (χ1) is 11.9. The van der Waals surface area contributed by atoms with Crippen molar-refractivity contribution < 1.29 is 23.2 Å². The lowest BCUT2D eigenvalue weighted by atomic mass is 9.94. The maximum Gasteiger partial charge on any atom is 0.472 e. The van der Waals surface area contributed by atoms with E-state index in [-0.39, 0.29) is 13.2 Å². The van der Waals surface area contributed by atoms with Crippen LogP contribution < -0.4 is 10.5 Å². The lowest BCUT2D eigenvalue weighted by molar-refractivity contribution is 0.0362. The van der Waals surface area contributed by atoms with E-state index in [2.05, 4.69) is 19.1 Å². The molecular formula is C18H30NO5P. The van der Waals surface area contributed by atoms with E-state index in [1.165, 1.54) is 24.8 Å². The van der Waals surface area contributed by atoms with Gasteiger partial charge in [-0.15, -0.1) is 0 Å². The van der Waals surface area contributed by atoms with Gasteiger partial charge in [0.25, 0.3) is 0 Å². The molecule has 0 radical (unpaired) electrons. The predicted octanol–water partition coefficient (Wildman–Crippen LogP) is 3.81. The van der Waals surface area contributed by atoms with Crippen molar-refractivity contribution in [2.45, 2.75) is 57.4 Å². The molecule has 3 N–H and O–H groups in total. The van der Waals surface area contributed by atoms with E-state index in [1.807, 2.05) is 12.1 Å². The second-order valence-corrected chi connectivity index (χ2v) is 8.24. The summed E-state index contributed by atoms with van der Waals surface area (Å²) in [6.45, 7) is 3.06. The molecule has 0 atom stereocenters. The highest BCUT2D eigenvalue weighted by Crippen LogP contribution is 2.47. The molecule has 2 rings (SSSR count). The molecule has 7 heteroatoms. The molecule has 142 valence electrons. The van der Waals surface area contributed by atoms with E-state index >= 15 is 0 Å². The van der Waals surface area contributed by atoms with E-state index in [4.69, 9.17) is 19.5 Å². The summed E-state index contributed by atoms with van der Waals surface area (Å²) < 4.78 is 26.6. The smallest absolute Gasteiger partial charge is 0.472 e. The van der Waals surface area contributed by atoms with Crippen molar-refractivity contribution in [1.82, 2.24) is 0 Å². The van der Waals surface area contributed by atoms with Crippen molar-refractivity contribution in [3.05, 3.63) is 29.8 Å². The number of aryl methyl sites for hydroxylation is 1. The van der Waals surface area contributed by atoms with Crippen molar-refractivity contribution in [3.63, 3.8) is 0 Å². The molecule has 0 aliphatic carbocycles. The molecule has 1 aromatic rings. The van der Waals surface area contributed by atoms with Gasteiger partial charge in [0.15, 0.2) is 0 Å². The fourth-order valence-electron chi connectivity index (χ4n) is 2.76. The van der Waals surface area contributed by atoms with E-state index < -0.39 is 13.4 Å². The van der Waals surface area contributed by atoms with E-state index in [0.717, 1.165) is 31.6 Å². The molecular weight excluding hydrogens is 341 g/mol. The lowest BCUT2D eigenvalue weighted by Gasteiger charge is -2.34. The standard InChI is InChI=1S/C18H30NO5P/c1-2-3-4-5-13-22-17-10-8-16(9-11-17)7-6-12-18(19)14-23-25(20,21)24-15-18/h8-11H,2-7,12-15,19H2,1H3,(H,20,21). The third-order valence-corrected chi connectivity index (χ3v) is 5.27. The van der Waals surface area contributed by atoms with Gasteiger partial charge in [0.05, 0.1) is 25.4 Å². The number of nitrogens with two attached hydrogens (primary N) is 1. The molecule has 1 fully saturated rings. The zero-order chi connectivity index (χ0) is 18.2. The van der Waals surface area contributed by atoms with Gasteiger partial charge in [-0.25, -0.2) is 4.57 Å². The van der Waals surface area contributed by atoms with Gasteiger partial charge in [0.2, 0.25) is 0 Å². The van der Waals surface area contributed by atoms with Crippen molar-refractivity contribution in [2.24, 2.45) is 5.73 Å². The van der Waals surface area contributed by atoms with E-state index in [0.29, 0.717) is 6.42 Å². The number of phosphoric acid groups is 1. The number of hydrogen-bond acceptors (Lipinski definition) is 5. The summed E-state index contributed by atoms with van der Waals surface area (Å²) in [7, 11) is -3.87. The molecule has 0 bridgehead atoms. The molecule has 1 aliphatic rings. The minimum atomic E-state index is -3.87. The number of phosphoric ester groups is 1. The summed E-state index contributed by atoms with van der Waals surface area (Å²) >= 11 is 0. The van der Waals surface area contributed by atoms with Gasteiger partial charge < -0.3 is 15.4 Å². The fourth-order valence-corrected chi connectivity index (χ4v) is 3.67. The average Bonchev–Trinajstić information content (AvgIpc) is 2.59. The second kappa shape index (κ2) is 9.70. The SMILES string of the molecule is CCCCCCOc1ccc(CCCC2(N)COP(=O)(O)OC2)cc1. The summed E-state index contributed by atoms with van der Waals surface area (Å²) in [5.74, 6) is 0.906. The van der Waals surface area contributed by atoms with Gasteiger partial charge in [-0.3, -0.25) is 9.05 Å². The molecule has 0 saturated carbocycles. The van der Waals surface area contributed by atoms with Crippen LogP contribution in [-0.4, -0.2) is 30.3 Å². The van der Waals surface area contributed by atoms with Crippen molar-refractivity contribution in [3.8, 4) is 5.75 Å². The third kappa shape index (κ3) is 7.47. The second-order valence-electron chi connectivity index (χ2n) is 6.78. The largest absolute Gasteiger partial charge is 0.494 e. The van der Waals surface area contributed by atoms with Crippen LogP contribution in [0.25, 0.3) is 0 Å². The van der Waals surface area contributed by atoms with Crippen LogP contribution >= 0.6 is 7.82 Å². The van der Waals surface area contributed by atoms with Gasteiger partial charge in [0.1, 0.15) is 5.75 Å². The number of unbranched alkanes of at least 4 members (excludes halogenated alkanes) is 3. The number of rotatable bonds is 10. The zero-order valence-corrected chi connectivity index (χ0v) is 15.9. The van der Waals surface area contributed by atoms with Crippen molar-refractivity contribution >= 4 is 7.82 Å².